The van der Waals surface area contributed by atoms with Crippen LogP contribution >= 0.6 is 23.5 Å². The average Bonchev–Trinajstić information content (AvgIpc) is 2.86. The van der Waals surface area contributed by atoms with Crippen molar-refractivity contribution in [2.24, 2.45) is 0 Å². The van der Waals surface area contributed by atoms with Crippen LogP contribution in [0.25, 0.3) is 0 Å². The standard InChI is InChI=1S/C8H16N2S2Se2/c1-7(9-5-11-1)3-13-14-4-8-2-12-6-10-8/h7-10H,1-6H2. The number of thioether (sulfide) groups is 2. The van der Waals surface area contributed by atoms with E-state index >= 15 is 0 Å². The summed E-state index contributed by atoms with van der Waals surface area (Å²) in [6.45, 7) is 0. The Morgan fingerprint density at radius 3 is 1.79 bits per heavy atom. The molecule has 2 aliphatic heterocycles. The fraction of sp³-hybridized carbons (Fsp3) is 1.00. The zero-order valence-electron chi connectivity index (χ0n) is 8.03. The minimum atomic E-state index is 0.854. The van der Waals surface area contributed by atoms with Crippen molar-refractivity contribution in [1.82, 2.24) is 10.6 Å². The molecule has 2 N–H and O–H groups in total. The number of hydrogen-bond donors (Lipinski definition) is 2. The molecule has 2 fully saturated rings. The molecule has 0 aliphatic carbocycles. The zero-order chi connectivity index (χ0) is 9.64. The maximum atomic E-state index is 3.55. The van der Waals surface area contributed by atoms with E-state index in [0.29, 0.717) is 0 Å². The summed E-state index contributed by atoms with van der Waals surface area (Å²) in [4.78, 5) is 0. The third kappa shape index (κ3) is 4.26. The van der Waals surface area contributed by atoms with Gasteiger partial charge in [-0.15, -0.1) is 0 Å². The van der Waals surface area contributed by atoms with Crippen LogP contribution in [-0.2, 0) is 0 Å². The Bertz CT molecular complexity index is 143. The third-order valence-electron chi connectivity index (χ3n) is 2.21. The van der Waals surface area contributed by atoms with Crippen LogP contribution in [0.15, 0.2) is 0 Å². The molecule has 2 atom stereocenters. The fourth-order valence-corrected chi connectivity index (χ4v) is 11.8. The van der Waals surface area contributed by atoms with Crippen molar-refractivity contribution in [2.75, 3.05) is 23.3 Å². The topological polar surface area (TPSA) is 24.1 Å². The van der Waals surface area contributed by atoms with Crippen molar-refractivity contribution in [2.45, 2.75) is 22.7 Å². The first kappa shape index (κ1) is 12.1. The molecule has 0 bridgehead atoms. The van der Waals surface area contributed by atoms with Gasteiger partial charge in [0.15, 0.2) is 0 Å². The van der Waals surface area contributed by atoms with Crippen LogP contribution < -0.4 is 10.6 Å². The molecule has 0 aromatic carbocycles. The molecular formula is C8H16N2S2Se2. The molecule has 0 aromatic heterocycles. The monoisotopic (exact) mass is 364 g/mol. The maximum absolute atomic E-state index is 3.55. The fourth-order valence-electron chi connectivity index (χ4n) is 1.35. The van der Waals surface area contributed by atoms with Crippen molar-refractivity contribution in [1.29, 1.82) is 0 Å². The summed E-state index contributed by atoms with van der Waals surface area (Å²) in [5, 5.41) is 10.1. The Balaban J connectivity index is 1.46. The van der Waals surface area contributed by atoms with Gasteiger partial charge < -0.3 is 0 Å². The number of nitrogens with one attached hydrogen (secondary N) is 2. The Labute approximate surface area is 106 Å². The van der Waals surface area contributed by atoms with E-state index < -0.39 is 0 Å². The predicted octanol–water partition coefficient (Wildman–Crippen LogP) is 0.471. The number of rotatable bonds is 5. The molecule has 2 unspecified atom stereocenters. The van der Waals surface area contributed by atoms with Gasteiger partial charge in [-0.05, 0) is 0 Å². The molecule has 82 valence electrons. The Morgan fingerprint density at radius 2 is 1.43 bits per heavy atom. The minimum absolute atomic E-state index is 0.854. The summed E-state index contributed by atoms with van der Waals surface area (Å²) in [6, 6.07) is 1.71. The van der Waals surface area contributed by atoms with E-state index in [0.717, 1.165) is 38.3 Å². The van der Waals surface area contributed by atoms with Gasteiger partial charge in [-0.1, -0.05) is 0 Å². The second-order valence-corrected chi connectivity index (χ2v) is 13.0. The van der Waals surface area contributed by atoms with E-state index in [-0.39, 0.29) is 0 Å². The summed E-state index contributed by atoms with van der Waals surface area (Å²) in [6.07, 6.45) is 0. The molecule has 14 heavy (non-hydrogen) atoms. The Kier molecular flexibility index (Phi) is 6.13. The molecule has 0 saturated carbocycles. The van der Waals surface area contributed by atoms with Gasteiger partial charge in [-0.2, -0.15) is 0 Å². The molecule has 2 nitrogen and oxygen atoms in total. The second kappa shape index (κ2) is 7.08. The van der Waals surface area contributed by atoms with Gasteiger partial charge in [0.25, 0.3) is 0 Å². The van der Waals surface area contributed by atoms with Gasteiger partial charge in [0.2, 0.25) is 0 Å². The molecule has 0 amide bonds. The van der Waals surface area contributed by atoms with Gasteiger partial charge in [0, 0.05) is 0 Å². The van der Waals surface area contributed by atoms with E-state index in [1.165, 1.54) is 33.9 Å². The van der Waals surface area contributed by atoms with Gasteiger partial charge in [-0.25, -0.2) is 0 Å². The Morgan fingerprint density at radius 1 is 0.929 bits per heavy atom. The van der Waals surface area contributed by atoms with Gasteiger partial charge >= 0.3 is 106 Å². The first-order valence-corrected chi connectivity index (χ1v) is 13.9. The van der Waals surface area contributed by atoms with E-state index in [9.17, 15) is 0 Å². The van der Waals surface area contributed by atoms with Gasteiger partial charge in [0.05, 0.1) is 0 Å². The van der Waals surface area contributed by atoms with Crippen molar-refractivity contribution < 1.29 is 0 Å². The summed E-state index contributed by atoms with van der Waals surface area (Å²) in [5.74, 6) is 5.09. The number of hydrogen-bond acceptors (Lipinski definition) is 4. The molecule has 2 aliphatic rings. The second-order valence-electron chi connectivity index (χ2n) is 3.40. The van der Waals surface area contributed by atoms with Crippen molar-refractivity contribution in [3.8, 4) is 0 Å². The van der Waals surface area contributed by atoms with Crippen LogP contribution in [0.4, 0.5) is 0 Å². The molecule has 0 spiro atoms. The van der Waals surface area contributed by atoms with Crippen LogP contribution in [-0.4, -0.2) is 61.6 Å². The first-order chi connectivity index (χ1) is 6.95. The van der Waals surface area contributed by atoms with E-state index in [4.69, 9.17) is 0 Å². The quantitative estimate of drug-likeness (QED) is 0.549. The summed E-state index contributed by atoms with van der Waals surface area (Å²) < 4.78 is 0. The SMILES string of the molecule is C1NC(C[Se][Se]CC2CSCN2)CS1. The van der Waals surface area contributed by atoms with Crippen LogP contribution in [0.5, 0.6) is 0 Å². The van der Waals surface area contributed by atoms with Crippen molar-refractivity contribution in [3.05, 3.63) is 0 Å². The summed E-state index contributed by atoms with van der Waals surface area (Å²) in [5.41, 5.74) is 0. The molecule has 2 saturated heterocycles. The van der Waals surface area contributed by atoms with Gasteiger partial charge in [-0.3, -0.25) is 0 Å². The zero-order valence-corrected chi connectivity index (χ0v) is 13.1. The van der Waals surface area contributed by atoms with Crippen LogP contribution in [0.2, 0.25) is 10.6 Å². The van der Waals surface area contributed by atoms with E-state index in [1.807, 2.05) is 0 Å². The predicted molar refractivity (Wildman–Crippen MR) is 69.6 cm³/mol. The van der Waals surface area contributed by atoms with Gasteiger partial charge in [0.1, 0.15) is 0 Å². The molecule has 6 heteroatoms. The summed E-state index contributed by atoms with van der Waals surface area (Å²) in [7, 11) is 0. The third-order valence-corrected chi connectivity index (χ3v) is 11.6. The van der Waals surface area contributed by atoms with Crippen LogP contribution in [0.1, 0.15) is 0 Å². The average molecular weight is 362 g/mol. The summed E-state index contributed by atoms with van der Waals surface area (Å²) >= 11 is 5.98. The molecule has 0 radical (unpaired) electrons. The van der Waals surface area contributed by atoms with Crippen LogP contribution in [0.3, 0.4) is 0 Å². The Hall–Kier alpha value is 1.66. The van der Waals surface area contributed by atoms with Crippen LogP contribution in [0, 0.1) is 0 Å². The molecule has 2 heterocycles. The van der Waals surface area contributed by atoms with E-state index in [1.54, 1.807) is 0 Å². The van der Waals surface area contributed by atoms with Crippen molar-refractivity contribution >= 4 is 49.8 Å². The van der Waals surface area contributed by atoms with E-state index in [2.05, 4.69) is 34.2 Å². The molecular weight excluding hydrogens is 346 g/mol. The first-order valence-electron chi connectivity index (χ1n) is 4.82. The molecule has 0 aromatic rings. The van der Waals surface area contributed by atoms with Crippen molar-refractivity contribution in [3.63, 3.8) is 0 Å². The molecule has 2 rings (SSSR count). The normalized spacial score (nSPS) is 32.6.